The molecule has 0 radical (unpaired) electrons. The van der Waals surface area contributed by atoms with Gasteiger partial charge in [-0.2, -0.15) is 0 Å². The molecule has 118 valence electrons. The molecular formula is C18H18FN3O. The molecule has 0 spiro atoms. The molecule has 0 saturated heterocycles. The molecule has 0 aliphatic heterocycles. The van der Waals surface area contributed by atoms with E-state index in [0.717, 1.165) is 11.4 Å². The molecule has 0 fully saturated rings. The summed E-state index contributed by atoms with van der Waals surface area (Å²) in [4.78, 5) is 0. The van der Waals surface area contributed by atoms with E-state index in [4.69, 9.17) is 4.74 Å². The summed E-state index contributed by atoms with van der Waals surface area (Å²) in [6.07, 6.45) is 0. The van der Waals surface area contributed by atoms with Crippen LogP contribution in [0.4, 0.5) is 4.39 Å². The van der Waals surface area contributed by atoms with Crippen LogP contribution in [0.1, 0.15) is 25.2 Å². The van der Waals surface area contributed by atoms with Crippen molar-refractivity contribution >= 4 is 0 Å². The summed E-state index contributed by atoms with van der Waals surface area (Å²) in [5.41, 5.74) is 0.830. The number of nitrogens with zero attached hydrogens (tertiary/aromatic N) is 3. The van der Waals surface area contributed by atoms with Gasteiger partial charge in [0.15, 0.2) is 0 Å². The quantitative estimate of drug-likeness (QED) is 0.729. The molecule has 3 rings (SSSR count). The lowest BCUT2D eigenvalue weighted by Gasteiger charge is -2.24. The van der Waals surface area contributed by atoms with E-state index in [1.54, 1.807) is 12.1 Å². The first-order valence-electron chi connectivity index (χ1n) is 7.37. The Hall–Kier alpha value is -2.69. The molecule has 0 aliphatic rings. The summed E-state index contributed by atoms with van der Waals surface area (Å²) in [6, 6.07) is 16.3. The molecule has 1 aromatic heterocycles. The standard InChI is InChI=1S/C18H18FN3O/c1-18(2,13-7-5-4-6-8-13)16-20-21-17(22(16)3)23-15-11-9-14(19)10-12-15/h4-12H,1-3H3. The summed E-state index contributed by atoms with van der Waals surface area (Å²) < 4.78 is 20.5. The molecule has 2 aromatic carbocycles. The van der Waals surface area contributed by atoms with E-state index in [-0.39, 0.29) is 11.2 Å². The van der Waals surface area contributed by atoms with Gasteiger partial charge in [0.05, 0.1) is 0 Å². The van der Waals surface area contributed by atoms with Crippen LogP contribution in [0, 0.1) is 5.82 Å². The van der Waals surface area contributed by atoms with Crippen LogP contribution in [0.3, 0.4) is 0 Å². The molecule has 3 aromatic rings. The van der Waals surface area contributed by atoms with Gasteiger partial charge in [0.25, 0.3) is 0 Å². The van der Waals surface area contributed by atoms with Gasteiger partial charge in [-0.25, -0.2) is 4.39 Å². The van der Waals surface area contributed by atoms with Gasteiger partial charge >= 0.3 is 6.01 Å². The van der Waals surface area contributed by atoms with Gasteiger partial charge in [-0.3, -0.25) is 4.57 Å². The van der Waals surface area contributed by atoms with Crippen molar-refractivity contribution in [1.82, 2.24) is 14.8 Å². The van der Waals surface area contributed by atoms with Gasteiger partial charge < -0.3 is 4.74 Å². The maximum atomic E-state index is 13.0. The van der Waals surface area contributed by atoms with E-state index in [2.05, 4.69) is 36.2 Å². The second-order valence-electron chi connectivity index (χ2n) is 5.91. The van der Waals surface area contributed by atoms with Gasteiger partial charge in [0, 0.05) is 12.5 Å². The average Bonchev–Trinajstić information content (AvgIpc) is 2.92. The first-order chi connectivity index (χ1) is 11.0. The van der Waals surface area contributed by atoms with Crippen LogP contribution in [0.25, 0.3) is 0 Å². The lowest BCUT2D eigenvalue weighted by Crippen LogP contribution is -2.23. The van der Waals surface area contributed by atoms with Crippen molar-refractivity contribution in [3.8, 4) is 11.8 Å². The molecule has 4 nitrogen and oxygen atoms in total. The van der Waals surface area contributed by atoms with Crippen LogP contribution in [0.2, 0.25) is 0 Å². The average molecular weight is 311 g/mol. The largest absolute Gasteiger partial charge is 0.424 e. The molecule has 0 saturated carbocycles. The normalized spacial score (nSPS) is 11.5. The molecule has 0 unspecified atom stereocenters. The molecule has 0 atom stereocenters. The first kappa shape index (κ1) is 15.2. The van der Waals surface area contributed by atoms with Crippen LogP contribution in [-0.4, -0.2) is 14.8 Å². The van der Waals surface area contributed by atoms with Crippen molar-refractivity contribution in [2.24, 2.45) is 7.05 Å². The Kier molecular flexibility index (Phi) is 3.86. The van der Waals surface area contributed by atoms with E-state index >= 15 is 0 Å². The Labute approximate surface area is 134 Å². The molecule has 1 heterocycles. The molecule has 0 aliphatic carbocycles. The number of benzene rings is 2. The van der Waals surface area contributed by atoms with Crippen molar-refractivity contribution < 1.29 is 9.13 Å². The lowest BCUT2D eigenvalue weighted by atomic mass is 9.84. The van der Waals surface area contributed by atoms with Crippen molar-refractivity contribution in [1.29, 1.82) is 0 Å². The first-order valence-corrected chi connectivity index (χ1v) is 7.37. The Morgan fingerprint density at radius 1 is 0.957 bits per heavy atom. The van der Waals surface area contributed by atoms with E-state index in [1.807, 2.05) is 29.8 Å². The second-order valence-corrected chi connectivity index (χ2v) is 5.91. The van der Waals surface area contributed by atoms with E-state index in [0.29, 0.717) is 11.8 Å². The number of aromatic nitrogens is 3. The number of hydrogen-bond acceptors (Lipinski definition) is 3. The van der Waals surface area contributed by atoms with Gasteiger partial charge in [0.1, 0.15) is 17.4 Å². The van der Waals surface area contributed by atoms with Crippen molar-refractivity contribution in [2.75, 3.05) is 0 Å². The van der Waals surface area contributed by atoms with Crippen molar-refractivity contribution in [2.45, 2.75) is 19.3 Å². The fourth-order valence-corrected chi connectivity index (χ4v) is 2.54. The topological polar surface area (TPSA) is 39.9 Å². The molecule has 0 bridgehead atoms. The maximum Gasteiger partial charge on any atom is 0.322 e. The van der Waals surface area contributed by atoms with Gasteiger partial charge in [0.2, 0.25) is 0 Å². The van der Waals surface area contributed by atoms with Crippen LogP contribution in [0.5, 0.6) is 11.8 Å². The smallest absolute Gasteiger partial charge is 0.322 e. The Balaban J connectivity index is 1.91. The fraction of sp³-hybridized carbons (Fsp3) is 0.222. The zero-order chi connectivity index (χ0) is 16.4. The SMILES string of the molecule is Cn1c(Oc2ccc(F)cc2)nnc1C(C)(C)c1ccccc1. The summed E-state index contributed by atoms with van der Waals surface area (Å²) >= 11 is 0. The highest BCUT2D eigenvalue weighted by Crippen LogP contribution is 2.32. The third kappa shape index (κ3) is 2.95. The minimum absolute atomic E-state index is 0.304. The molecular weight excluding hydrogens is 293 g/mol. The second kappa shape index (κ2) is 5.83. The van der Waals surface area contributed by atoms with Crippen LogP contribution < -0.4 is 4.74 Å². The predicted octanol–water partition coefficient (Wildman–Crippen LogP) is 4.07. The van der Waals surface area contributed by atoms with Crippen molar-refractivity contribution in [3.05, 3.63) is 71.8 Å². The zero-order valence-electron chi connectivity index (χ0n) is 13.3. The predicted molar refractivity (Wildman–Crippen MR) is 86.0 cm³/mol. The number of ether oxygens (including phenoxy) is 1. The van der Waals surface area contributed by atoms with Crippen LogP contribution in [-0.2, 0) is 12.5 Å². The number of halogens is 1. The highest BCUT2D eigenvalue weighted by Gasteiger charge is 2.29. The molecule has 0 N–H and O–H groups in total. The summed E-state index contributed by atoms with van der Waals surface area (Å²) in [6.45, 7) is 4.18. The van der Waals surface area contributed by atoms with Crippen LogP contribution in [0.15, 0.2) is 54.6 Å². The minimum atomic E-state index is -0.312. The zero-order valence-corrected chi connectivity index (χ0v) is 13.3. The Bertz CT molecular complexity index is 795. The third-order valence-corrected chi connectivity index (χ3v) is 3.91. The highest BCUT2D eigenvalue weighted by atomic mass is 19.1. The minimum Gasteiger partial charge on any atom is -0.424 e. The Morgan fingerprint density at radius 2 is 1.61 bits per heavy atom. The van der Waals surface area contributed by atoms with Gasteiger partial charge in [-0.1, -0.05) is 35.4 Å². The van der Waals surface area contributed by atoms with E-state index in [1.165, 1.54) is 12.1 Å². The monoisotopic (exact) mass is 311 g/mol. The van der Waals surface area contributed by atoms with E-state index < -0.39 is 0 Å². The number of hydrogen-bond donors (Lipinski definition) is 0. The summed E-state index contributed by atoms with van der Waals surface area (Å²) in [5.74, 6) is 1.01. The van der Waals surface area contributed by atoms with Crippen molar-refractivity contribution in [3.63, 3.8) is 0 Å². The Morgan fingerprint density at radius 3 is 2.26 bits per heavy atom. The molecule has 0 amide bonds. The fourth-order valence-electron chi connectivity index (χ4n) is 2.54. The van der Waals surface area contributed by atoms with Crippen LogP contribution >= 0.6 is 0 Å². The molecule has 23 heavy (non-hydrogen) atoms. The third-order valence-electron chi connectivity index (χ3n) is 3.91. The number of rotatable bonds is 4. The summed E-state index contributed by atoms with van der Waals surface area (Å²) in [7, 11) is 1.86. The van der Waals surface area contributed by atoms with Gasteiger partial charge in [-0.15, -0.1) is 5.10 Å². The lowest BCUT2D eigenvalue weighted by molar-refractivity contribution is 0.415. The highest BCUT2D eigenvalue weighted by molar-refractivity contribution is 5.32. The van der Waals surface area contributed by atoms with Gasteiger partial charge in [-0.05, 0) is 43.7 Å². The summed E-state index contributed by atoms with van der Waals surface area (Å²) in [5, 5.41) is 8.41. The van der Waals surface area contributed by atoms with E-state index in [9.17, 15) is 4.39 Å². The maximum absolute atomic E-state index is 13.0. The molecule has 5 heteroatoms.